The van der Waals surface area contributed by atoms with E-state index < -0.39 is 23.9 Å². The van der Waals surface area contributed by atoms with E-state index in [2.05, 4.69) is 15.3 Å². The second kappa shape index (κ2) is 6.84. The largest absolute Gasteiger partial charge is 0.433 e. The fourth-order valence-electron chi connectivity index (χ4n) is 1.69. The predicted octanol–water partition coefficient (Wildman–Crippen LogP) is 1.83. The molecule has 1 amide bonds. The lowest BCUT2D eigenvalue weighted by Gasteiger charge is -2.13. The van der Waals surface area contributed by atoms with Gasteiger partial charge in [0.1, 0.15) is 17.6 Å². The van der Waals surface area contributed by atoms with Crippen molar-refractivity contribution < 1.29 is 23.1 Å². The van der Waals surface area contributed by atoms with Crippen molar-refractivity contribution in [1.82, 2.24) is 15.3 Å². The predicted molar refractivity (Wildman–Crippen MR) is 69.1 cm³/mol. The molecule has 5 nitrogen and oxygen atoms in total. The van der Waals surface area contributed by atoms with Crippen LogP contribution in [-0.2, 0) is 17.5 Å². The molecular formula is C13H18F3N3O2. The Balaban J connectivity index is 2.72. The number of nitrogens with one attached hydrogen (secondary N) is 1. The molecule has 0 saturated carbocycles. The van der Waals surface area contributed by atoms with Crippen LogP contribution >= 0.6 is 0 Å². The van der Waals surface area contributed by atoms with Crippen molar-refractivity contribution in [1.29, 1.82) is 0 Å². The second-order valence-corrected chi connectivity index (χ2v) is 5.17. The summed E-state index contributed by atoms with van der Waals surface area (Å²) in [4.78, 5) is 18.8. The molecule has 0 bridgehead atoms. The lowest BCUT2D eigenvalue weighted by molar-refractivity contribution is -0.141. The maximum atomic E-state index is 12.6. The number of amides is 1. The Bertz CT molecular complexity index is 504. The van der Waals surface area contributed by atoms with Crippen molar-refractivity contribution in [2.45, 2.75) is 46.0 Å². The highest BCUT2D eigenvalue weighted by Gasteiger charge is 2.33. The van der Waals surface area contributed by atoms with Crippen LogP contribution in [0.2, 0.25) is 0 Å². The van der Waals surface area contributed by atoms with Gasteiger partial charge in [-0.15, -0.1) is 0 Å². The van der Waals surface area contributed by atoms with Gasteiger partial charge in [0, 0.05) is 5.69 Å². The summed E-state index contributed by atoms with van der Waals surface area (Å²) < 4.78 is 37.8. The van der Waals surface area contributed by atoms with Gasteiger partial charge >= 0.3 is 6.18 Å². The third-order valence-electron chi connectivity index (χ3n) is 2.61. The van der Waals surface area contributed by atoms with E-state index in [-0.39, 0.29) is 30.4 Å². The van der Waals surface area contributed by atoms with Crippen LogP contribution in [0.4, 0.5) is 13.2 Å². The Morgan fingerprint density at radius 1 is 1.38 bits per heavy atom. The van der Waals surface area contributed by atoms with Crippen molar-refractivity contribution in [2.24, 2.45) is 5.92 Å². The maximum Gasteiger partial charge on any atom is 0.433 e. The summed E-state index contributed by atoms with van der Waals surface area (Å²) in [6.45, 7) is 4.83. The fraction of sp³-hybridized carbons (Fsp3) is 0.615. The Labute approximate surface area is 120 Å². The first-order valence-electron chi connectivity index (χ1n) is 6.47. The van der Waals surface area contributed by atoms with E-state index in [1.54, 1.807) is 0 Å². The molecule has 0 aromatic carbocycles. The average molecular weight is 305 g/mol. The highest BCUT2D eigenvalue weighted by Crippen LogP contribution is 2.27. The zero-order valence-corrected chi connectivity index (χ0v) is 12.0. The molecule has 1 heterocycles. The zero-order chi connectivity index (χ0) is 16.2. The molecule has 0 aliphatic heterocycles. The number of nitrogens with zero attached hydrogens (tertiary/aromatic N) is 2. The number of hydrogen-bond donors (Lipinski definition) is 2. The fourth-order valence-corrected chi connectivity index (χ4v) is 1.69. The van der Waals surface area contributed by atoms with Crippen LogP contribution < -0.4 is 5.32 Å². The summed E-state index contributed by atoms with van der Waals surface area (Å²) in [7, 11) is 0. The molecule has 0 saturated heterocycles. The third-order valence-corrected chi connectivity index (χ3v) is 2.61. The lowest BCUT2D eigenvalue weighted by atomic mass is 10.1. The van der Waals surface area contributed by atoms with Gasteiger partial charge in [-0.3, -0.25) is 4.79 Å². The number of rotatable bonds is 5. The summed E-state index contributed by atoms with van der Waals surface area (Å²) in [5.74, 6) is -0.674. The van der Waals surface area contributed by atoms with Crippen LogP contribution in [0.25, 0.3) is 0 Å². The summed E-state index contributed by atoms with van der Waals surface area (Å²) in [5.41, 5.74) is -0.897. The molecule has 1 atom stereocenters. The van der Waals surface area contributed by atoms with E-state index in [1.807, 2.05) is 13.8 Å². The van der Waals surface area contributed by atoms with Crippen LogP contribution in [0.1, 0.15) is 37.5 Å². The Morgan fingerprint density at radius 3 is 2.52 bits per heavy atom. The van der Waals surface area contributed by atoms with Gasteiger partial charge < -0.3 is 10.4 Å². The Kier molecular flexibility index (Phi) is 5.65. The number of aliphatic hydroxyl groups is 1. The van der Waals surface area contributed by atoms with Gasteiger partial charge in [0.05, 0.1) is 6.54 Å². The van der Waals surface area contributed by atoms with Crippen molar-refractivity contribution in [3.63, 3.8) is 0 Å². The normalized spacial score (nSPS) is 13.3. The van der Waals surface area contributed by atoms with Gasteiger partial charge in [0.2, 0.25) is 5.91 Å². The number of carbonyl (C=O) groups excluding carboxylic acids is 1. The number of hydrogen-bond acceptors (Lipinski definition) is 4. The monoisotopic (exact) mass is 305 g/mol. The summed E-state index contributed by atoms with van der Waals surface area (Å²) in [6, 6.07) is 0.832. The van der Waals surface area contributed by atoms with Crippen LogP contribution in [-0.4, -0.2) is 27.1 Å². The van der Waals surface area contributed by atoms with Gasteiger partial charge in [-0.2, -0.15) is 13.2 Å². The minimum atomic E-state index is -4.57. The molecule has 2 N–H and O–H groups in total. The topological polar surface area (TPSA) is 75.1 Å². The highest BCUT2D eigenvalue weighted by molar-refractivity contribution is 5.80. The first-order valence-corrected chi connectivity index (χ1v) is 6.47. The molecule has 8 heteroatoms. The number of aliphatic hydroxyl groups excluding tert-OH is 1. The number of alkyl halides is 3. The first-order chi connectivity index (χ1) is 9.59. The van der Waals surface area contributed by atoms with Gasteiger partial charge in [0.25, 0.3) is 0 Å². The maximum absolute atomic E-state index is 12.6. The standard InChI is InChI=1S/C13H18F3N3O2/c1-7(2)4-9(20)12(21)17-6-11-18-8(3)5-10(19-11)13(14,15)16/h5,7,9,20H,4,6H2,1-3H3,(H,17,21)/t9-/m0/s1. The molecule has 0 fully saturated rings. The van der Waals surface area contributed by atoms with Crippen molar-refractivity contribution >= 4 is 5.91 Å². The lowest BCUT2D eigenvalue weighted by Crippen LogP contribution is -2.35. The van der Waals surface area contributed by atoms with E-state index in [1.165, 1.54) is 6.92 Å². The van der Waals surface area contributed by atoms with Crippen molar-refractivity contribution in [3.05, 3.63) is 23.3 Å². The van der Waals surface area contributed by atoms with Crippen molar-refractivity contribution in [3.8, 4) is 0 Å². The van der Waals surface area contributed by atoms with Crippen LogP contribution in [0.3, 0.4) is 0 Å². The summed E-state index contributed by atoms with van der Waals surface area (Å²) in [6.07, 6.45) is -5.49. The third kappa shape index (κ3) is 5.66. The minimum Gasteiger partial charge on any atom is -0.383 e. The SMILES string of the molecule is Cc1cc(C(F)(F)F)nc(CNC(=O)[C@@H](O)CC(C)C)n1. The van der Waals surface area contributed by atoms with E-state index in [0.717, 1.165) is 6.07 Å². The Hall–Kier alpha value is -1.70. The number of carbonyl (C=O) groups is 1. The molecule has 1 rings (SSSR count). The van der Waals surface area contributed by atoms with E-state index >= 15 is 0 Å². The summed E-state index contributed by atoms with van der Waals surface area (Å²) in [5, 5.41) is 11.9. The zero-order valence-electron chi connectivity index (χ0n) is 12.0. The number of halogens is 3. The highest BCUT2D eigenvalue weighted by atomic mass is 19.4. The molecule has 0 aliphatic rings. The number of aromatic nitrogens is 2. The molecular weight excluding hydrogens is 287 g/mol. The second-order valence-electron chi connectivity index (χ2n) is 5.17. The van der Waals surface area contributed by atoms with E-state index in [9.17, 15) is 23.1 Å². The molecule has 0 unspecified atom stereocenters. The smallest absolute Gasteiger partial charge is 0.383 e. The molecule has 0 aliphatic carbocycles. The van der Waals surface area contributed by atoms with Crippen LogP contribution in [0.15, 0.2) is 6.07 Å². The van der Waals surface area contributed by atoms with Gasteiger partial charge in [0.15, 0.2) is 0 Å². The van der Waals surface area contributed by atoms with Crippen molar-refractivity contribution in [2.75, 3.05) is 0 Å². The molecule has 21 heavy (non-hydrogen) atoms. The first kappa shape index (κ1) is 17.4. The Morgan fingerprint density at radius 2 is 2.00 bits per heavy atom. The molecule has 0 radical (unpaired) electrons. The van der Waals surface area contributed by atoms with Crippen LogP contribution in [0.5, 0.6) is 0 Å². The average Bonchev–Trinajstić information content (AvgIpc) is 2.33. The quantitative estimate of drug-likeness (QED) is 0.870. The molecule has 1 aromatic rings. The number of aryl methyl sites for hydroxylation is 1. The molecule has 0 spiro atoms. The van der Waals surface area contributed by atoms with Crippen LogP contribution in [0, 0.1) is 12.8 Å². The van der Waals surface area contributed by atoms with Gasteiger partial charge in [-0.1, -0.05) is 13.8 Å². The minimum absolute atomic E-state index is 0.123. The molecule has 118 valence electrons. The van der Waals surface area contributed by atoms with Gasteiger partial charge in [-0.25, -0.2) is 9.97 Å². The summed E-state index contributed by atoms with van der Waals surface area (Å²) >= 11 is 0. The van der Waals surface area contributed by atoms with Gasteiger partial charge in [-0.05, 0) is 25.3 Å². The van der Waals surface area contributed by atoms with E-state index in [4.69, 9.17) is 0 Å². The van der Waals surface area contributed by atoms with E-state index in [0.29, 0.717) is 0 Å². The molecule has 1 aromatic heterocycles.